The van der Waals surface area contributed by atoms with Gasteiger partial charge in [0.25, 0.3) is 5.91 Å². The van der Waals surface area contributed by atoms with Gasteiger partial charge in [-0.05, 0) is 24.0 Å². The van der Waals surface area contributed by atoms with Crippen molar-refractivity contribution in [3.8, 4) is 10.6 Å². The van der Waals surface area contributed by atoms with Crippen LogP contribution in [0.3, 0.4) is 0 Å². The predicted molar refractivity (Wildman–Crippen MR) is 107 cm³/mol. The highest BCUT2D eigenvalue weighted by atomic mass is 32.1. The maximum Gasteiger partial charge on any atom is 0.270 e. The second-order valence-corrected chi connectivity index (χ2v) is 7.70. The van der Waals surface area contributed by atoms with Gasteiger partial charge in [0.15, 0.2) is 0 Å². The average molecular weight is 382 g/mol. The molecule has 7 heteroatoms. The molecule has 6 nitrogen and oxygen atoms in total. The molecule has 0 atom stereocenters. The Bertz CT molecular complexity index is 932. The molecule has 1 aliphatic heterocycles. The number of aromatic nitrogens is 3. The molecule has 1 amide bonds. The molecule has 0 saturated carbocycles. The minimum Gasteiger partial charge on any atom is -0.351 e. The second kappa shape index (κ2) is 8.02. The van der Waals surface area contributed by atoms with Crippen LogP contribution in [0.15, 0.2) is 42.0 Å². The van der Waals surface area contributed by atoms with E-state index in [2.05, 4.69) is 44.6 Å². The molecule has 4 rings (SSSR count). The van der Waals surface area contributed by atoms with E-state index in [4.69, 9.17) is 0 Å². The molecule has 0 radical (unpaired) electrons. The van der Waals surface area contributed by atoms with Crippen LogP contribution < -0.4 is 5.32 Å². The van der Waals surface area contributed by atoms with Crippen molar-refractivity contribution in [2.24, 2.45) is 7.05 Å². The summed E-state index contributed by atoms with van der Waals surface area (Å²) in [6.07, 6.45) is 5.71. The Hall–Kier alpha value is -2.51. The van der Waals surface area contributed by atoms with Crippen LogP contribution in [0.25, 0.3) is 10.6 Å². The maximum absolute atomic E-state index is 12.3. The van der Waals surface area contributed by atoms with Crippen molar-refractivity contribution in [1.82, 2.24) is 25.0 Å². The van der Waals surface area contributed by atoms with Crippen LogP contribution in [0.4, 0.5) is 0 Å². The average Bonchev–Trinajstić information content (AvgIpc) is 3.34. The van der Waals surface area contributed by atoms with Crippen LogP contribution in [0.5, 0.6) is 0 Å². The topological polar surface area (TPSA) is 63.1 Å². The minimum absolute atomic E-state index is 0.106. The van der Waals surface area contributed by atoms with Crippen LogP contribution in [-0.2, 0) is 20.0 Å². The number of rotatable bonds is 6. The normalized spacial score (nSPS) is 14.1. The SMILES string of the molecule is Cn1cc(-c2nc(C(=O)NCCCN3CCc4ccccc4C3)cs2)cn1. The fraction of sp³-hybridized carbons (Fsp3) is 0.350. The third-order valence-corrected chi connectivity index (χ3v) is 5.73. The van der Waals surface area contributed by atoms with E-state index in [0.29, 0.717) is 12.2 Å². The molecule has 0 fully saturated rings. The zero-order chi connectivity index (χ0) is 18.6. The van der Waals surface area contributed by atoms with Gasteiger partial charge in [-0.2, -0.15) is 5.10 Å². The van der Waals surface area contributed by atoms with Crippen molar-refractivity contribution in [3.63, 3.8) is 0 Å². The number of hydrogen-bond donors (Lipinski definition) is 1. The summed E-state index contributed by atoms with van der Waals surface area (Å²) >= 11 is 1.47. The molecule has 0 bridgehead atoms. The van der Waals surface area contributed by atoms with Gasteiger partial charge >= 0.3 is 0 Å². The number of amides is 1. The third-order valence-electron chi connectivity index (χ3n) is 4.84. The van der Waals surface area contributed by atoms with Crippen LogP contribution in [0.2, 0.25) is 0 Å². The summed E-state index contributed by atoms with van der Waals surface area (Å²) < 4.78 is 1.73. The van der Waals surface area contributed by atoms with Gasteiger partial charge in [0.05, 0.1) is 6.20 Å². The van der Waals surface area contributed by atoms with Crippen LogP contribution in [-0.4, -0.2) is 45.2 Å². The molecule has 1 aromatic carbocycles. The molecular weight excluding hydrogens is 358 g/mol. The second-order valence-electron chi connectivity index (χ2n) is 6.84. The molecule has 0 spiro atoms. The number of benzene rings is 1. The molecule has 1 aliphatic rings. The Balaban J connectivity index is 1.23. The lowest BCUT2D eigenvalue weighted by molar-refractivity contribution is 0.0947. The lowest BCUT2D eigenvalue weighted by atomic mass is 10.00. The number of nitrogens with zero attached hydrogens (tertiary/aromatic N) is 4. The molecule has 3 aromatic rings. The van der Waals surface area contributed by atoms with Crippen molar-refractivity contribution in [2.75, 3.05) is 19.6 Å². The number of carbonyl (C=O) groups excluding carboxylic acids is 1. The highest BCUT2D eigenvalue weighted by molar-refractivity contribution is 7.13. The number of carbonyl (C=O) groups is 1. The molecule has 3 heterocycles. The molecule has 0 saturated heterocycles. The van der Waals surface area contributed by atoms with E-state index in [9.17, 15) is 4.79 Å². The zero-order valence-corrected chi connectivity index (χ0v) is 16.2. The van der Waals surface area contributed by atoms with Gasteiger partial charge in [0.1, 0.15) is 10.7 Å². The minimum atomic E-state index is -0.106. The summed E-state index contributed by atoms with van der Waals surface area (Å²) in [6.45, 7) is 3.75. The van der Waals surface area contributed by atoms with Crippen molar-refractivity contribution >= 4 is 17.2 Å². The van der Waals surface area contributed by atoms with Crippen LogP contribution in [0.1, 0.15) is 28.0 Å². The largest absolute Gasteiger partial charge is 0.351 e. The summed E-state index contributed by atoms with van der Waals surface area (Å²) in [5.74, 6) is -0.106. The van der Waals surface area contributed by atoms with Gasteiger partial charge in [-0.25, -0.2) is 4.98 Å². The van der Waals surface area contributed by atoms with E-state index in [1.807, 2.05) is 13.2 Å². The van der Waals surface area contributed by atoms with E-state index in [1.165, 1.54) is 22.5 Å². The predicted octanol–water partition coefficient (Wildman–Crippen LogP) is 2.72. The van der Waals surface area contributed by atoms with Gasteiger partial charge in [-0.3, -0.25) is 14.4 Å². The fourth-order valence-electron chi connectivity index (χ4n) is 3.38. The molecule has 0 aliphatic carbocycles. The van der Waals surface area contributed by atoms with Crippen molar-refractivity contribution in [2.45, 2.75) is 19.4 Å². The van der Waals surface area contributed by atoms with Crippen molar-refractivity contribution in [3.05, 3.63) is 58.9 Å². The van der Waals surface area contributed by atoms with Crippen LogP contribution in [0, 0.1) is 0 Å². The number of nitrogens with one attached hydrogen (secondary N) is 1. The lowest BCUT2D eigenvalue weighted by Crippen LogP contribution is -2.33. The summed E-state index contributed by atoms with van der Waals surface area (Å²) in [5.41, 5.74) is 4.31. The highest BCUT2D eigenvalue weighted by Crippen LogP contribution is 2.23. The summed E-state index contributed by atoms with van der Waals surface area (Å²) in [7, 11) is 1.87. The third kappa shape index (κ3) is 4.26. The molecule has 0 unspecified atom stereocenters. The van der Waals surface area contributed by atoms with Crippen molar-refractivity contribution in [1.29, 1.82) is 0 Å². The Morgan fingerprint density at radius 2 is 2.15 bits per heavy atom. The van der Waals surface area contributed by atoms with E-state index >= 15 is 0 Å². The quantitative estimate of drug-likeness (QED) is 0.667. The number of aryl methyl sites for hydroxylation is 1. The van der Waals surface area contributed by atoms with E-state index < -0.39 is 0 Å². The first-order valence-electron chi connectivity index (χ1n) is 9.21. The molecule has 1 N–H and O–H groups in total. The van der Waals surface area contributed by atoms with Gasteiger partial charge < -0.3 is 5.32 Å². The first-order chi connectivity index (χ1) is 13.2. The van der Waals surface area contributed by atoms with E-state index in [-0.39, 0.29) is 5.91 Å². The van der Waals surface area contributed by atoms with E-state index in [0.717, 1.165) is 43.0 Å². The molecule has 140 valence electrons. The lowest BCUT2D eigenvalue weighted by Gasteiger charge is -2.28. The van der Waals surface area contributed by atoms with E-state index in [1.54, 1.807) is 16.3 Å². The highest BCUT2D eigenvalue weighted by Gasteiger charge is 2.16. The maximum atomic E-state index is 12.3. The number of thiazole rings is 1. The number of hydrogen-bond acceptors (Lipinski definition) is 5. The number of fused-ring (bicyclic) bond motifs is 1. The summed E-state index contributed by atoms with van der Waals surface area (Å²) in [6, 6.07) is 8.66. The van der Waals surface area contributed by atoms with Crippen molar-refractivity contribution < 1.29 is 4.79 Å². The molecular formula is C20H23N5OS. The first kappa shape index (κ1) is 17.9. The zero-order valence-electron chi connectivity index (χ0n) is 15.4. The first-order valence-corrected chi connectivity index (χ1v) is 10.1. The molecule has 27 heavy (non-hydrogen) atoms. The fourth-order valence-corrected chi connectivity index (χ4v) is 4.16. The van der Waals surface area contributed by atoms with Gasteiger partial charge in [0, 0.05) is 50.4 Å². The van der Waals surface area contributed by atoms with Crippen LogP contribution >= 0.6 is 11.3 Å². The summed E-state index contributed by atoms with van der Waals surface area (Å²) in [5, 5.41) is 9.75. The Kier molecular flexibility index (Phi) is 5.31. The smallest absolute Gasteiger partial charge is 0.270 e. The Labute approximate surface area is 162 Å². The Morgan fingerprint density at radius 3 is 2.96 bits per heavy atom. The standard InChI is InChI=1S/C20H23N5OS/c1-24-12-17(11-22-24)20-23-18(14-27-20)19(26)21-8-4-9-25-10-7-15-5-2-3-6-16(15)13-25/h2-3,5-6,11-12,14H,4,7-10,13H2,1H3,(H,21,26). The monoisotopic (exact) mass is 381 g/mol. The Morgan fingerprint density at radius 1 is 1.30 bits per heavy atom. The van der Waals surface area contributed by atoms with Gasteiger partial charge in [-0.15, -0.1) is 11.3 Å². The molecule has 2 aromatic heterocycles. The summed E-state index contributed by atoms with van der Waals surface area (Å²) in [4.78, 5) is 19.2. The van der Waals surface area contributed by atoms with Gasteiger partial charge in [-0.1, -0.05) is 24.3 Å². The van der Waals surface area contributed by atoms with Gasteiger partial charge in [0.2, 0.25) is 0 Å².